The molecular weight excluding hydrogens is 240 g/mol. The van der Waals surface area contributed by atoms with E-state index in [1.807, 2.05) is 12.1 Å². The molecule has 0 radical (unpaired) electrons. The van der Waals surface area contributed by atoms with Gasteiger partial charge in [0.1, 0.15) is 0 Å². The molecule has 3 rings (SSSR count). The smallest absolute Gasteiger partial charge is 0.168 e. The monoisotopic (exact) mass is 250 g/mol. The van der Waals surface area contributed by atoms with Crippen LogP contribution in [0.25, 0.3) is 5.70 Å². The Kier molecular flexibility index (Phi) is 2.45. The third-order valence-corrected chi connectivity index (χ3v) is 3.84. The summed E-state index contributed by atoms with van der Waals surface area (Å²) in [5.41, 5.74) is 2.45. The second-order valence-corrected chi connectivity index (χ2v) is 5.27. The van der Waals surface area contributed by atoms with Gasteiger partial charge in [-0.3, -0.25) is 4.99 Å². The van der Waals surface area contributed by atoms with E-state index < -0.39 is 0 Å². The summed E-state index contributed by atoms with van der Waals surface area (Å²) >= 11 is 7.60. The first-order valence-electron chi connectivity index (χ1n) is 5.22. The van der Waals surface area contributed by atoms with Crippen LogP contribution in [0, 0.1) is 0 Å². The van der Waals surface area contributed by atoms with E-state index in [0.29, 0.717) is 6.04 Å². The highest BCUT2D eigenvalue weighted by molar-refractivity contribution is 8.16. The van der Waals surface area contributed by atoms with Crippen molar-refractivity contribution in [1.82, 2.24) is 4.90 Å². The van der Waals surface area contributed by atoms with Gasteiger partial charge in [0, 0.05) is 17.0 Å². The molecule has 0 aliphatic carbocycles. The van der Waals surface area contributed by atoms with Crippen molar-refractivity contribution >= 4 is 34.2 Å². The first-order valence-corrected chi connectivity index (χ1v) is 6.48. The molecule has 0 fully saturated rings. The normalized spacial score (nSPS) is 23.1. The summed E-state index contributed by atoms with van der Waals surface area (Å²) in [5, 5.41) is 4.06. The molecule has 82 valence electrons. The zero-order valence-electron chi connectivity index (χ0n) is 8.85. The van der Waals surface area contributed by atoms with E-state index in [1.54, 1.807) is 11.8 Å². The highest BCUT2D eigenvalue weighted by atomic mass is 35.5. The molecule has 0 bridgehead atoms. The minimum absolute atomic E-state index is 0.401. The Morgan fingerprint density at radius 1 is 1.38 bits per heavy atom. The van der Waals surface area contributed by atoms with E-state index in [-0.39, 0.29) is 0 Å². The first-order chi connectivity index (χ1) is 7.74. The Balaban J connectivity index is 1.92. The SMILES string of the molecule is C[C@@H]1CN2C(c3ccc(Cl)cc3)=CSC2=N1. The summed E-state index contributed by atoms with van der Waals surface area (Å²) in [5.74, 6) is 0. The standard InChI is InChI=1S/C12H11ClN2S/c1-8-6-15-11(7-16-12(15)14-8)9-2-4-10(13)5-3-9/h2-5,7-8H,6H2,1H3/t8-/m1/s1. The van der Waals surface area contributed by atoms with Crippen molar-refractivity contribution in [2.24, 2.45) is 4.99 Å². The lowest BCUT2D eigenvalue weighted by Crippen LogP contribution is -2.22. The van der Waals surface area contributed by atoms with Gasteiger partial charge >= 0.3 is 0 Å². The molecule has 0 spiro atoms. The number of hydrogen-bond donors (Lipinski definition) is 0. The molecule has 0 saturated carbocycles. The van der Waals surface area contributed by atoms with Crippen LogP contribution in [0.1, 0.15) is 12.5 Å². The number of fused-ring (bicyclic) bond motifs is 1. The van der Waals surface area contributed by atoms with Crippen molar-refractivity contribution < 1.29 is 0 Å². The maximum absolute atomic E-state index is 5.89. The Hall–Kier alpha value is -0.930. The minimum Gasteiger partial charge on any atom is -0.318 e. The number of halogens is 1. The second kappa shape index (κ2) is 3.82. The summed E-state index contributed by atoms with van der Waals surface area (Å²) in [7, 11) is 0. The van der Waals surface area contributed by atoms with Crippen molar-refractivity contribution in [3.05, 3.63) is 40.3 Å². The summed E-state index contributed by atoms with van der Waals surface area (Å²) in [4.78, 5) is 6.85. The molecule has 2 heterocycles. The van der Waals surface area contributed by atoms with Crippen LogP contribution in [0.5, 0.6) is 0 Å². The Bertz CT molecular complexity index is 478. The fourth-order valence-corrected chi connectivity index (χ4v) is 3.10. The molecular formula is C12H11ClN2S. The van der Waals surface area contributed by atoms with Gasteiger partial charge in [-0.25, -0.2) is 0 Å². The number of thioether (sulfide) groups is 1. The van der Waals surface area contributed by atoms with Gasteiger partial charge in [0.2, 0.25) is 0 Å². The second-order valence-electron chi connectivity index (χ2n) is 4.00. The fourth-order valence-electron chi connectivity index (χ4n) is 1.95. The van der Waals surface area contributed by atoms with Gasteiger partial charge in [-0.05, 0) is 24.6 Å². The molecule has 0 unspecified atom stereocenters. The maximum atomic E-state index is 5.89. The van der Waals surface area contributed by atoms with E-state index in [1.165, 1.54) is 11.3 Å². The highest BCUT2D eigenvalue weighted by Gasteiger charge is 2.30. The van der Waals surface area contributed by atoms with Gasteiger partial charge in [0.15, 0.2) is 5.17 Å². The van der Waals surface area contributed by atoms with E-state index >= 15 is 0 Å². The van der Waals surface area contributed by atoms with Crippen LogP contribution < -0.4 is 0 Å². The zero-order chi connectivity index (χ0) is 11.1. The molecule has 0 saturated heterocycles. The molecule has 2 aliphatic rings. The van der Waals surface area contributed by atoms with Gasteiger partial charge in [0.25, 0.3) is 0 Å². The zero-order valence-corrected chi connectivity index (χ0v) is 10.4. The van der Waals surface area contributed by atoms with Crippen molar-refractivity contribution in [2.45, 2.75) is 13.0 Å². The van der Waals surface area contributed by atoms with Crippen LogP contribution in [-0.4, -0.2) is 22.7 Å². The summed E-state index contributed by atoms with van der Waals surface area (Å²) in [6, 6.07) is 8.37. The average molecular weight is 251 g/mol. The summed E-state index contributed by atoms with van der Waals surface area (Å²) in [6.07, 6.45) is 0. The Labute approximate surface area is 104 Å². The maximum Gasteiger partial charge on any atom is 0.168 e. The average Bonchev–Trinajstić information content (AvgIpc) is 2.78. The number of amidine groups is 1. The number of benzene rings is 1. The van der Waals surface area contributed by atoms with Gasteiger partial charge in [-0.2, -0.15) is 0 Å². The lowest BCUT2D eigenvalue weighted by Gasteiger charge is -2.17. The van der Waals surface area contributed by atoms with E-state index in [4.69, 9.17) is 11.6 Å². The Morgan fingerprint density at radius 2 is 2.12 bits per heavy atom. The molecule has 1 aromatic carbocycles. The summed E-state index contributed by atoms with van der Waals surface area (Å²) in [6.45, 7) is 3.13. The molecule has 0 aromatic heterocycles. The van der Waals surface area contributed by atoms with E-state index in [0.717, 1.165) is 16.7 Å². The topological polar surface area (TPSA) is 15.6 Å². The molecule has 2 nitrogen and oxygen atoms in total. The molecule has 0 N–H and O–H groups in total. The fraction of sp³-hybridized carbons (Fsp3) is 0.250. The van der Waals surface area contributed by atoms with Crippen LogP contribution >= 0.6 is 23.4 Å². The molecule has 1 aromatic rings. The van der Waals surface area contributed by atoms with Crippen LogP contribution in [0.15, 0.2) is 34.7 Å². The number of aliphatic imine (C=N–C) groups is 1. The molecule has 4 heteroatoms. The van der Waals surface area contributed by atoms with Crippen molar-refractivity contribution in [2.75, 3.05) is 6.54 Å². The molecule has 0 amide bonds. The first kappa shape index (κ1) is 10.2. The van der Waals surface area contributed by atoms with Crippen LogP contribution in [0.4, 0.5) is 0 Å². The quantitative estimate of drug-likeness (QED) is 0.759. The van der Waals surface area contributed by atoms with Crippen LogP contribution in [-0.2, 0) is 0 Å². The largest absolute Gasteiger partial charge is 0.318 e. The minimum atomic E-state index is 0.401. The number of rotatable bonds is 1. The van der Waals surface area contributed by atoms with Crippen molar-refractivity contribution in [1.29, 1.82) is 0 Å². The van der Waals surface area contributed by atoms with Gasteiger partial charge < -0.3 is 4.90 Å². The van der Waals surface area contributed by atoms with E-state index in [9.17, 15) is 0 Å². The Morgan fingerprint density at radius 3 is 2.88 bits per heavy atom. The lowest BCUT2D eigenvalue weighted by atomic mass is 10.1. The van der Waals surface area contributed by atoms with Crippen LogP contribution in [0.2, 0.25) is 5.02 Å². The van der Waals surface area contributed by atoms with E-state index in [2.05, 4.69) is 34.4 Å². The van der Waals surface area contributed by atoms with Gasteiger partial charge in [-0.15, -0.1) is 0 Å². The van der Waals surface area contributed by atoms with Crippen molar-refractivity contribution in [3.63, 3.8) is 0 Å². The molecule has 16 heavy (non-hydrogen) atoms. The lowest BCUT2D eigenvalue weighted by molar-refractivity contribution is 0.585. The van der Waals surface area contributed by atoms with Crippen LogP contribution in [0.3, 0.4) is 0 Å². The highest BCUT2D eigenvalue weighted by Crippen LogP contribution is 2.36. The third-order valence-electron chi connectivity index (χ3n) is 2.72. The third kappa shape index (κ3) is 1.64. The molecule has 2 aliphatic heterocycles. The predicted molar refractivity (Wildman–Crippen MR) is 70.6 cm³/mol. The van der Waals surface area contributed by atoms with Gasteiger partial charge in [0.05, 0.1) is 11.7 Å². The predicted octanol–water partition coefficient (Wildman–Crippen LogP) is 3.45. The van der Waals surface area contributed by atoms with Crippen molar-refractivity contribution in [3.8, 4) is 0 Å². The number of hydrogen-bond acceptors (Lipinski definition) is 3. The number of nitrogens with zero attached hydrogens (tertiary/aromatic N) is 2. The van der Waals surface area contributed by atoms with Gasteiger partial charge in [-0.1, -0.05) is 35.5 Å². The summed E-state index contributed by atoms with van der Waals surface area (Å²) < 4.78 is 0. The molecule has 1 atom stereocenters.